The molecule has 7 nitrogen and oxygen atoms in total. The smallest absolute Gasteiger partial charge is 0.165 e. The SMILES string of the molecule is CCN(CC)CC(O)Cn1cnc2c(Nc3ccc(Cl)cc3)ncnc21. The second-order valence-electron chi connectivity index (χ2n) is 6.06. The fourth-order valence-electron chi connectivity index (χ4n) is 2.84. The van der Waals surface area contributed by atoms with Crippen LogP contribution in [0.5, 0.6) is 0 Å². The Morgan fingerprint density at radius 3 is 2.58 bits per heavy atom. The predicted molar refractivity (Wildman–Crippen MR) is 104 cm³/mol. The Hall–Kier alpha value is -2.22. The summed E-state index contributed by atoms with van der Waals surface area (Å²) in [6.07, 6.45) is 2.70. The van der Waals surface area contributed by atoms with Crippen LogP contribution in [0.1, 0.15) is 13.8 Å². The number of anilines is 2. The number of nitrogens with zero attached hydrogens (tertiary/aromatic N) is 5. The van der Waals surface area contributed by atoms with Gasteiger partial charge in [-0.2, -0.15) is 0 Å². The molecule has 0 spiro atoms. The molecule has 1 unspecified atom stereocenters. The van der Waals surface area contributed by atoms with Crippen molar-refractivity contribution in [2.75, 3.05) is 25.0 Å². The number of aliphatic hydroxyl groups is 1. The molecular formula is C18H23ClN6O. The Morgan fingerprint density at radius 2 is 1.88 bits per heavy atom. The number of benzene rings is 1. The number of imidazole rings is 1. The van der Waals surface area contributed by atoms with Gasteiger partial charge in [0, 0.05) is 17.3 Å². The standard InChI is InChI=1S/C18H23ClN6O/c1-3-24(4-2)9-15(26)10-25-12-22-16-17(20-11-21-18(16)25)23-14-7-5-13(19)6-8-14/h5-8,11-12,15,26H,3-4,9-10H2,1-2H3,(H,20,21,23). The van der Waals surface area contributed by atoms with Crippen LogP contribution in [-0.4, -0.2) is 55.3 Å². The average Bonchev–Trinajstić information content (AvgIpc) is 3.05. The van der Waals surface area contributed by atoms with Gasteiger partial charge in [-0.05, 0) is 37.4 Å². The fourth-order valence-corrected chi connectivity index (χ4v) is 2.97. The van der Waals surface area contributed by atoms with E-state index in [9.17, 15) is 5.11 Å². The molecule has 2 aromatic heterocycles. The van der Waals surface area contributed by atoms with Crippen LogP contribution in [0.15, 0.2) is 36.9 Å². The Labute approximate surface area is 157 Å². The molecule has 2 N–H and O–H groups in total. The lowest BCUT2D eigenvalue weighted by atomic mass is 10.3. The van der Waals surface area contributed by atoms with E-state index in [2.05, 4.69) is 39.0 Å². The highest BCUT2D eigenvalue weighted by molar-refractivity contribution is 6.30. The monoisotopic (exact) mass is 374 g/mol. The van der Waals surface area contributed by atoms with E-state index >= 15 is 0 Å². The summed E-state index contributed by atoms with van der Waals surface area (Å²) in [5, 5.41) is 14.3. The molecule has 0 bridgehead atoms. The number of likely N-dealkylation sites (N-methyl/N-ethyl adjacent to an activating group) is 1. The van der Waals surface area contributed by atoms with Gasteiger partial charge in [0.1, 0.15) is 6.33 Å². The summed E-state index contributed by atoms with van der Waals surface area (Å²) in [6.45, 7) is 7.05. The zero-order chi connectivity index (χ0) is 18.5. The number of halogens is 1. The number of rotatable bonds is 8. The maximum Gasteiger partial charge on any atom is 0.165 e. The van der Waals surface area contributed by atoms with Crippen molar-refractivity contribution >= 4 is 34.3 Å². The molecule has 3 aromatic rings. The van der Waals surface area contributed by atoms with Gasteiger partial charge in [-0.25, -0.2) is 15.0 Å². The summed E-state index contributed by atoms with van der Waals surface area (Å²) in [5.74, 6) is 0.620. The molecule has 0 fully saturated rings. The van der Waals surface area contributed by atoms with Crippen LogP contribution in [0.2, 0.25) is 5.02 Å². The van der Waals surface area contributed by atoms with Crippen molar-refractivity contribution in [1.82, 2.24) is 24.4 Å². The van der Waals surface area contributed by atoms with Crippen molar-refractivity contribution in [3.8, 4) is 0 Å². The van der Waals surface area contributed by atoms with Gasteiger partial charge in [0.15, 0.2) is 17.0 Å². The van der Waals surface area contributed by atoms with Crippen molar-refractivity contribution in [2.24, 2.45) is 0 Å². The summed E-state index contributed by atoms with van der Waals surface area (Å²) in [7, 11) is 0. The quantitative estimate of drug-likeness (QED) is 0.631. The van der Waals surface area contributed by atoms with Crippen LogP contribution < -0.4 is 5.32 Å². The first kappa shape index (κ1) is 18.6. The zero-order valence-electron chi connectivity index (χ0n) is 14.9. The molecule has 0 saturated carbocycles. The van der Waals surface area contributed by atoms with Crippen LogP contribution >= 0.6 is 11.6 Å². The highest BCUT2D eigenvalue weighted by Gasteiger charge is 2.14. The van der Waals surface area contributed by atoms with Crippen molar-refractivity contribution in [2.45, 2.75) is 26.5 Å². The Bertz CT molecular complexity index is 847. The molecule has 0 amide bonds. The lowest BCUT2D eigenvalue weighted by Gasteiger charge is -2.22. The second kappa shape index (κ2) is 8.44. The third-order valence-electron chi connectivity index (χ3n) is 4.28. The topological polar surface area (TPSA) is 79.1 Å². The highest BCUT2D eigenvalue weighted by Crippen LogP contribution is 2.23. The first-order chi connectivity index (χ1) is 12.6. The van der Waals surface area contributed by atoms with Crippen LogP contribution in [0.4, 0.5) is 11.5 Å². The molecule has 0 aliphatic rings. The first-order valence-electron chi connectivity index (χ1n) is 8.69. The zero-order valence-corrected chi connectivity index (χ0v) is 15.7. The average molecular weight is 375 g/mol. The molecule has 0 saturated heterocycles. The lowest BCUT2D eigenvalue weighted by Crippen LogP contribution is -2.34. The molecule has 3 rings (SSSR count). The summed E-state index contributed by atoms with van der Waals surface area (Å²) < 4.78 is 1.86. The van der Waals surface area contributed by atoms with Gasteiger partial charge in [0.25, 0.3) is 0 Å². The van der Waals surface area contributed by atoms with Gasteiger partial charge in [0.2, 0.25) is 0 Å². The molecular weight excluding hydrogens is 352 g/mol. The van der Waals surface area contributed by atoms with Gasteiger partial charge >= 0.3 is 0 Å². The predicted octanol–water partition coefficient (Wildman–Crippen LogP) is 2.93. The Balaban J connectivity index is 1.78. The Kier molecular flexibility index (Phi) is 6.03. The first-order valence-corrected chi connectivity index (χ1v) is 9.07. The molecule has 26 heavy (non-hydrogen) atoms. The molecule has 2 heterocycles. The van der Waals surface area contributed by atoms with Crippen LogP contribution in [-0.2, 0) is 6.54 Å². The maximum atomic E-state index is 10.4. The minimum Gasteiger partial charge on any atom is -0.390 e. The number of aliphatic hydroxyl groups excluding tert-OH is 1. The summed E-state index contributed by atoms with van der Waals surface area (Å²) in [6, 6.07) is 7.37. The number of fused-ring (bicyclic) bond motifs is 1. The van der Waals surface area contributed by atoms with Gasteiger partial charge in [-0.1, -0.05) is 25.4 Å². The van der Waals surface area contributed by atoms with Crippen molar-refractivity contribution < 1.29 is 5.11 Å². The minimum absolute atomic E-state index is 0.435. The van der Waals surface area contributed by atoms with Crippen LogP contribution in [0, 0.1) is 0 Å². The highest BCUT2D eigenvalue weighted by atomic mass is 35.5. The minimum atomic E-state index is -0.491. The number of nitrogens with one attached hydrogen (secondary N) is 1. The molecule has 0 radical (unpaired) electrons. The molecule has 1 aromatic carbocycles. The Morgan fingerprint density at radius 1 is 1.15 bits per heavy atom. The fraction of sp³-hybridized carbons (Fsp3) is 0.389. The van der Waals surface area contributed by atoms with E-state index in [4.69, 9.17) is 11.6 Å². The van der Waals surface area contributed by atoms with E-state index in [1.54, 1.807) is 6.33 Å². The van der Waals surface area contributed by atoms with Crippen molar-refractivity contribution in [3.05, 3.63) is 41.9 Å². The van der Waals surface area contributed by atoms with Crippen LogP contribution in [0.25, 0.3) is 11.2 Å². The summed E-state index contributed by atoms with van der Waals surface area (Å²) in [4.78, 5) is 15.2. The van der Waals surface area contributed by atoms with Crippen LogP contribution in [0.3, 0.4) is 0 Å². The molecule has 8 heteroatoms. The third-order valence-corrected chi connectivity index (χ3v) is 4.53. The molecule has 0 aliphatic carbocycles. The molecule has 138 valence electrons. The molecule has 1 atom stereocenters. The second-order valence-corrected chi connectivity index (χ2v) is 6.50. The van der Waals surface area contributed by atoms with Gasteiger partial charge in [-0.3, -0.25) is 0 Å². The lowest BCUT2D eigenvalue weighted by molar-refractivity contribution is 0.104. The van der Waals surface area contributed by atoms with E-state index in [-0.39, 0.29) is 0 Å². The number of aromatic nitrogens is 4. The van der Waals surface area contributed by atoms with Gasteiger partial charge < -0.3 is 19.9 Å². The van der Waals surface area contributed by atoms with E-state index in [1.807, 2.05) is 28.8 Å². The number of hydrogen-bond donors (Lipinski definition) is 2. The third kappa shape index (κ3) is 4.30. The van der Waals surface area contributed by atoms with E-state index in [0.29, 0.717) is 35.1 Å². The van der Waals surface area contributed by atoms with Crippen molar-refractivity contribution in [3.63, 3.8) is 0 Å². The molecule has 0 aliphatic heterocycles. The van der Waals surface area contributed by atoms with E-state index < -0.39 is 6.10 Å². The van der Waals surface area contributed by atoms with Crippen molar-refractivity contribution in [1.29, 1.82) is 0 Å². The summed E-state index contributed by atoms with van der Waals surface area (Å²) >= 11 is 5.92. The van der Waals surface area contributed by atoms with Gasteiger partial charge in [-0.15, -0.1) is 0 Å². The number of hydrogen-bond acceptors (Lipinski definition) is 6. The summed E-state index contributed by atoms with van der Waals surface area (Å²) in [5.41, 5.74) is 2.22. The normalized spacial score (nSPS) is 12.7. The maximum absolute atomic E-state index is 10.4. The van der Waals surface area contributed by atoms with E-state index in [0.717, 1.165) is 18.8 Å². The van der Waals surface area contributed by atoms with E-state index in [1.165, 1.54) is 6.33 Å². The largest absolute Gasteiger partial charge is 0.390 e. The van der Waals surface area contributed by atoms with Gasteiger partial charge in [0.05, 0.1) is 19.0 Å².